The van der Waals surface area contributed by atoms with Gasteiger partial charge in [-0.1, -0.05) is 69.5 Å². The van der Waals surface area contributed by atoms with Gasteiger partial charge in [-0.3, -0.25) is 0 Å². The molecule has 1 aromatic carbocycles. The average molecular weight is 174 g/mol. The molecule has 0 nitrogen and oxygen atoms in total. The number of hydrogen-bond donors (Lipinski definition) is 0. The number of rotatable bonds is 2. The Kier molecular flexibility index (Phi) is 6.62. The quantitative estimate of drug-likeness (QED) is 0.590. The van der Waals surface area contributed by atoms with Gasteiger partial charge in [-0.2, -0.15) is 0 Å². The summed E-state index contributed by atoms with van der Waals surface area (Å²) in [6, 6.07) is 10.5. The highest BCUT2D eigenvalue weighted by molar-refractivity contribution is 5.17. The number of benzene rings is 1. The van der Waals surface area contributed by atoms with Crippen LogP contribution in [-0.4, -0.2) is 0 Å². The van der Waals surface area contributed by atoms with Crippen molar-refractivity contribution in [3.05, 3.63) is 61.2 Å². The van der Waals surface area contributed by atoms with Crippen molar-refractivity contribution in [1.29, 1.82) is 0 Å². The van der Waals surface area contributed by atoms with Crippen LogP contribution in [0.3, 0.4) is 0 Å². The van der Waals surface area contributed by atoms with Gasteiger partial charge in [0.15, 0.2) is 0 Å². The molecule has 1 aromatic rings. The molecule has 0 N–H and O–H groups in total. The molecular weight excluding hydrogens is 156 g/mol. The van der Waals surface area contributed by atoms with E-state index in [1.807, 2.05) is 6.07 Å². The molecule has 0 spiro atoms. The fourth-order valence-electron chi connectivity index (χ4n) is 0.838. The Morgan fingerprint density at radius 2 is 1.46 bits per heavy atom. The lowest BCUT2D eigenvalue weighted by Crippen LogP contribution is -1.83. The Balaban J connectivity index is 0.000000310. The summed E-state index contributed by atoms with van der Waals surface area (Å²) in [5, 5.41) is 0. The molecule has 70 valence electrons. The van der Waals surface area contributed by atoms with Crippen molar-refractivity contribution < 1.29 is 0 Å². The molecule has 0 amide bonds. The zero-order valence-electron chi connectivity index (χ0n) is 8.53. The molecule has 0 fully saturated rings. The van der Waals surface area contributed by atoms with Crippen LogP contribution in [0.5, 0.6) is 0 Å². The van der Waals surface area contributed by atoms with Gasteiger partial charge in [0.1, 0.15) is 0 Å². The maximum atomic E-state index is 3.36. The van der Waals surface area contributed by atoms with Crippen molar-refractivity contribution in [2.45, 2.75) is 19.8 Å². The van der Waals surface area contributed by atoms with Gasteiger partial charge < -0.3 is 0 Å². The van der Waals surface area contributed by atoms with Crippen molar-refractivity contribution in [3.8, 4) is 0 Å². The Morgan fingerprint density at radius 1 is 1.00 bits per heavy atom. The van der Waals surface area contributed by atoms with E-state index in [1.165, 1.54) is 5.56 Å². The zero-order chi connectivity index (χ0) is 10.1. The van der Waals surface area contributed by atoms with E-state index in [2.05, 4.69) is 51.3 Å². The van der Waals surface area contributed by atoms with Gasteiger partial charge >= 0.3 is 0 Å². The lowest BCUT2D eigenvalue weighted by atomic mass is 10.0. The van der Waals surface area contributed by atoms with Crippen LogP contribution >= 0.6 is 0 Å². The average Bonchev–Trinajstić information content (AvgIpc) is 2.19. The summed E-state index contributed by atoms with van der Waals surface area (Å²) >= 11 is 0. The largest absolute Gasteiger partial charge is 0.0991 e. The number of allylic oxidation sites excluding steroid dienone is 2. The minimum Gasteiger partial charge on any atom is -0.0991 e. The molecule has 13 heavy (non-hydrogen) atoms. The van der Waals surface area contributed by atoms with Gasteiger partial charge in [-0.15, -0.1) is 0 Å². The molecule has 0 aliphatic carbocycles. The Hall–Kier alpha value is -1.30. The molecule has 0 atom stereocenters. The molecule has 0 unspecified atom stereocenters. The van der Waals surface area contributed by atoms with Crippen molar-refractivity contribution in [2.24, 2.45) is 0 Å². The van der Waals surface area contributed by atoms with E-state index in [0.717, 1.165) is 0 Å². The van der Waals surface area contributed by atoms with Crippen molar-refractivity contribution >= 4 is 0 Å². The molecule has 0 aliphatic heterocycles. The van der Waals surface area contributed by atoms with Crippen LogP contribution < -0.4 is 0 Å². The molecule has 0 aliphatic rings. The summed E-state index contributed by atoms with van der Waals surface area (Å²) in [6.07, 6.45) is 3.28. The Morgan fingerprint density at radius 3 is 1.69 bits per heavy atom. The summed E-state index contributed by atoms with van der Waals surface area (Å²) in [7, 11) is 0. The second-order valence-electron chi connectivity index (χ2n) is 3.04. The number of hydrogen-bond acceptors (Lipinski definition) is 0. The van der Waals surface area contributed by atoms with Crippen LogP contribution in [-0.2, 0) is 0 Å². The Labute approximate surface area is 81.6 Å². The molecule has 0 aromatic heterocycles. The molecule has 0 heteroatoms. The lowest BCUT2D eigenvalue weighted by molar-refractivity contribution is 0.867. The van der Waals surface area contributed by atoms with Gasteiger partial charge in [-0.25, -0.2) is 0 Å². The molecule has 0 saturated carbocycles. The Bertz CT molecular complexity index is 225. The van der Waals surface area contributed by atoms with Crippen LogP contribution in [0.4, 0.5) is 0 Å². The predicted octanol–water partition coefficient (Wildman–Crippen LogP) is 4.17. The van der Waals surface area contributed by atoms with Gasteiger partial charge in [0.2, 0.25) is 0 Å². The third-order valence-electron chi connectivity index (χ3n) is 1.63. The molecule has 0 heterocycles. The SMILES string of the molecule is C=CC=C.CC(C)c1ccccc1. The van der Waals surface area contributed by atoms with Crippen molar-refractivity contribution in [3.63, 3.8) is 0 Å². The van der Waals surface area contributed by atoms with Crippen LogP contribution in [0, 0.1) is 0 Å². The van der Waals surface area contributed by atoms with E-state index in [-0.39, 0.29) is 0 Å². The normalized spacial score (nSPS) is 8.54. The molecule has 1 rings (SSSR count). The first-order valence-electron chi connectivity index (χ1n) is 4.50. The van der Waals surface area contributed by atoms with E-state index in [9.17, 15) is 0 Å². The molecule has 0 bridgehead atoms. The summed E-state index contributed by atoms with van der Waals surface area (Å²) in [4.78, 5) is 0. The summed E-state index contributed by atoms with van der Waals surface area (Å²) in [6.45, 7) is 11.1. The fourth-order valence-corrected chi connectivity index (χ4v) is 0.838. The van der Waals surface area contributed by atoms with Crippen LogP contribution in [0.1, 0.15) is 25.3 Å². The van der Waals surface area contributed by atoms with Crippen molar-refractivity contribution in [2.75, 3.05) is 0 Å². The highest BCUT2D eigenvalue weighted by Gasteiger charge is 1.93. The predicted molar refractivity (Wildman–Crippen MR) is 60.9 cm³/mol. The monoisotopic (exact) mass is 174 g/mol. The van der Waals surface area contributed by atoms with Crippen LogP contribution in [0.25, 0.3) is 0 Å². The van der Waals surface area contributed by atoms with E-state index in [0.29, 0.717) is 5.92 Å². The van der Waals surface area contributed by atoms with Gasteiger partial charge in [0, 0.05) is 0 Å². The minimum absolute atomic E-state index is 0.659. The summed E-state index contributed by atoms with van der Waals surface area (Å²) < 4.78 is 0. The maximum absolute atomic E-state index is 3.36. The van der Waals surface area contributed by atoms with Crippen LogP contribution in [0.2, 0.25) is 0 Å². The van der Waals surface area contributed by atoms with Gasteiger partial charge in [0.05, 0.1) is 0 Å². The topological polar surface area (TPSA) is 0 Å². The summed E-state index contributed by atoms with van der Waals surface area (Å²) in [5.41, 5.74) is 1.41. The highest BCUT2D eigenvalue weighted by Crippen LogP contribution is 2.11. The third kappa shape index (κ3) is 5.92. The first kappa shape index (κ1) is 11.7. The van der Waals surface area contributed by atoms with E-state index < -0.39 is 0 Å². The van der Waals surface area contributed by atoms with Crippen molar-refractivity contribution in [1.82, 2.24) is 0 Å². The van der Waals surface area contributed by atoms with Gasteiger partial charge in [-0.05, 0) is 11.5 Å². The molecular formula is C13H18. The second kappa shape index (κ2) is 7.35. The van der Waals surface area contributed by atoms with Gasteiger partial charge in [0.25, 0.3) is 0 Å². The third-order valence-corrected chi connectivity index (χ3v) is 1.63. The maximum Gasteiger partial charge on any atom is -0.0219 e. The van der Waals surface area contributed by atoms with E-state index in [4.69, 9.17) is 0 Å². The lowest BCUT2D eigenvalue weighted by Gasteiger charge is -2.01. The minimum atomic E-state index is 0.659. The smallest absolute Gasteiger partial charge is 0.0219 e. The molecule has 0 saturated heterocycles. The van der Waals surface area contributed by atoms with E-state index >= 15 is 0 Å². The molecule has 0 radical (unpaired) electrons. The standard InChI is InChI=1S/C9H12.C4H6/c1-8(2)9-6-4-3-5-7-9;1-3-4-2/h3-8H,1-2H3;3-4H,1-2H2. The van der Waals surface area contributed by atoms with E-state index in [1.54, 1.807) is 12.2 Å². The van der Waals surface area contributed by atoms with Crippen LogP contribution in [0.15, 0.2) is 55.6 Å². The fraction of sp³-hybridized carbons (Fsp3) is 0.231. The first-order chi connectivity index (χ1) is 6.22. The first-order valence-corrected chi connectivity index (χ1v) is 4.50. The highest BCUT2D eigenvalue weighted by atomic mass is 14.0. The zero-order valence-corrected chi connectivity index (χ0v) is 8.53. The second-order valence-corrected chi connectivity index (χ2v) is 3.04. The summed E-state index contributed by atoms with van der Waals surface area (Å²) in [5.74, 6) is 0.659.